The van der Waals surface area contributed by atoms with Crippen molar-refractivity contribution in [2.75, 3.05) is 13.2 Å². The molecule has 0 fully saturated rings. The van der Waals surface area contributed by atoms with E-state index >= 15 is 0 Å². The van der Waals surface area contributed by atoms with Gasteiger partial charge in [-0.25, -0.2) is 0 Å². The number of hydrogen-bond acceptors (Lipinski definition) is 3. The molecule has 0 aliphatic carbocycles. The minimum absolute atomic E-state index is 0.0200. The Balaban J connectivity index is 3.54. The summed E-state index contributed by atoms with van der Waals surface area (Å²) in [5, 5.41) is 17.3. The standard InChI is InChI=1S/C9H18O3/c1-2-3-4-5-9(12)8(6-10)7-11/h8,10-11H,2-7H2,1H3. The molecule has 0 aromatic carbocycles. The Bertz CT molecular complexity index is 119. The van der Waals surface area contributed by atoms with Crippen LogP contribution in [-0.4, -0.2) is 29.2 Å². The Kier molecular flexibility index (Phi) is 7.00. The maximum Gasteiger partial charge on any atom is 0.140 e. The van der Waals surface area contributed by atoms with Gasteiger partial charge in [0.2, 0.25) is 0 Å². The number of Topliss-reactive ketones (excluding diaryl/α,β-unsaturated/α-hetero) is 1. The maximum atomic E-state index is 11.2. The summed E-state index contributed by atoms with van der Waals surface area (Å²) in [6.45, 7) is 1.60. The Morgan fingerprint density at radius 3 is 2.25 bits per heavy atom. The van der Waals surface area contributed by atoms with E-state index in [0.29, 0.717) is 6.42 Å². The molecule has 12 heavy (non-hydrogen) atoms. The fraction of sp³-hybridized carbons (Fsp3) is 0.889. The van der Waals surface area contributed by atoms with Crippen LogP contribution in [0.3, 0.4) is 0 Å². The van der Waals surface area contributed by atoms with Gasteiger partial charge in [-0.1, -0.05) is 19.8 Å². The van der Waals surface area contributed by atoms with Crippen LogP contribution in [0.5, 0.6) is 0 Å². The van der Waals surface area contributed by atoms with E-state index in [1.54, 1.807) is 0 Å². The second kappa shape index (κ2) is 7.25. The summed E-state index contributed by atoms with van der Waals surface area (Å²) >= 11 is 0. The zero-order valence-corrected chi connectivity index (χ0v) is 7.62. The van der Waals surface area contributed by atoms with Gasteiger partial charge in [-0.3, -0.25) is 4.79 Å². The van der Waals surface area contributed by atoms with E-state index in [2.05, 4.69) is 6.92 Å². The molecule has 72 valence electrons. The summed E-state index contributed by atoms with van der Waals surface area (Å²) in [6, 6.07) is 0. The molecule has 0 spiro atoms. The third-order valence-corrected chi connectivity index (χ3v) is 1.92. The summed E-state index contributed by atoms with van der Waals surface area (Å²) in [4.78, 5) is 11.2. The van der Waals surface area contributed by atoms with Crippen LogP contribution in [-0.2, 0) is 4.79 Å². The van der Waals surface area contributed by atoms with Crippen molar-refractivity contribution in [3.63, 3.8) is 0 Å². The first-order chi connectivity index (χ1) is 5.76. The Labute approximate surface area is 73.4 Å². The molecule has 3 heteroatoms. The molecular formula is C9H18O3. The predicted molar refractivity (Wildman–Crippen MR) is 46.8 cm³/mol. The van der Waals surface area contributed by atoms with Crippen molar-refractivity contribution in [1.29, 1.82) is 0 Å². The SMILES string of the molecule is CCCCCC(=O)C(CO)CO. The Hall–Kier alpha value is -0.410. The third kappa shape index (κ3) is 4.46. The average Bonchev–Trinajstić information content (AvgIpc) is 2.07. The minimum atomic E-state index is -0.554. The van der Waals surface area contributed by atoms with Crippen LogP contribution in [0.15, 0.2) is 0 Å². The highest BCUT2D eigenvalue weighted by Crippen LogP contribution is 2.05. The van der Waals surface area contributed by atoms with Crippen LogP contribution in [0, 0.1) is 5.92 Å². The number of carbonyl (C=O) groups excluding carboxylic acids is 1. The highest BCUT2D eigenvalue weighted by atomic mass is 16.3. The third-order valence-electron chi connectivity index (χ3n) is 1.92. The smallest absolute Gasteiger partial charge is 0.140 e. The average molecular weight is 174 g/mol. The van der Waals surface area contributed by atoms with Crippen molar-refractivity contribution in [2.24, 2.45) is 5.92 Å². The van der Waals surface area contributed by atoms with E-state index in [1.807, 2.05) is 0 Å². The molecule has 0 unspecified atom stereocenters. The van der Waals surface area contributed by atoms with Gasteiger partial charge in [0.1, 0.15) is 5.78 Å². The molecule has 0 aromatic heterocycles. The first-order valence-corrected chi connectivity index (χ1v) is 4.50. The molecule has 3 nitrogen and oxygen atoms in total. The van der Waals surface area contributed by atoms with Gasteiger partial charge in [0.05, 0.1) is 19.1 Å². The van der Waals surface area contributed by atoms with Crippen molar-refractivity contribution < 1.29 is 15.0 Å². The van der Waals surface area contributed by atoms with Crippen molar-refractivity contribution in [3.8, 4) is 0 Å². The topological polar surface area (TPSA) is 57.5 Å². The van der Waals surface area contributed by atoms with Crippen LogP contribution in [0.1, 0.15) is 32.6 Å². The second-order valence-corrected chi connectivity index (χ2v) is 2.99. The fourth-order valence-corrected chi connectivity index (χ4v) is 1.01. The maximum absolute atomic E-state index is 11.2. The Morgan fingerprint density at radius 1 is 1.25 bits per heavy atom. The van der Waals surface area contributed by atoms with Gasteiger partial charge in [-0.2, -0.15) is 0 Å². The highest BCUT2D eigenvalue weighted by molar-refractivity contribution is 5.81. The zero-order chi connectivity index (χ0) is 9.40. The number of carbonyl (C=O) groups is 1. The van der Waals surface area contributed by atoms with Crippen molar-refractivity contribution in [3.05, 3.63) is 0 Å². The number of aliphatic hydroxyl groups is 2. The summed E-state index contributed by atoms with van der Waals surface area (Å²) in [7, 11) is 0. The molecule has 0 aromatic rings. The molecule has 2 N–H and O–H groups in total. The first kappa shape index (κ1) is 11.6. The van der Waals surface area contributed by atoms with Crippen LogP contribution in [0.25, 0.3) is 0 Å². The molecule has 0 aliphatic heterocycles. The number of ketones is 1. The molecule has 0 rings (SSSR count). The summed E-state index contributed by atoms with van der Waals surface area (Å²) in [5.41, 5.74) is 0. The summed E-state index contributed by atoms with van der Waals surface area (Å²) in [5.74, 6) is -0.574. The van der Waals surface area contributed by atoms with Gasteiger partial charge in [0.15, 0.2) is 0 Å². The lowest BCUT2D eigenvalue weighted by Crippen LogP contribution is -2.21. The summed E-state index contributed by atoms with van der Waals surface area (Å²) in [6.07, 6.45) is 3.47. The van der Waals surface area contributed by atoms with Gasteiger partial charge in [0.25, 0.3) is 0 Å². The van der Waals surface area contributed by atoms with Crippen LogP contribution in [0.4, 0.5) is 0 Å². The van der Waals surface area contributed by atoms with Gasteiger partial charge in [0, 0.05) is 6.42 Å². The summed E-state index contributed by atoms with van der Waals surface area (Å²) < 4.78 is 0. The molecule has 0 saturated carbocycles. The molecular weight excluding hydrogens is 156 g/mol. The van der Waals surface area contributed by atoms with Gasteiger partial charge >= 0.3 is 0 Å². The van der Waals surface area contributed by atoms with E-state index in [1.165, 1.54) is 0 Å². The van der Waals surface area contributed by atoms with Crippen LogP contribution >= 0.6 is 0 Å². The zero-order valence-electron chi connectivity index (χ0n) is 7.62. The van der Waals surface area contributed by atoms with Crippen molar-refractivity contribution in [2.45, 2.75) is 32.6 Å². The fourth-order valence-electron chi connectivity index (χ4n) is 1.01. The largest absolute Gasteiger partial charge is 0.396 e. The van der Waals surface area contributed by atoms with E-state index in [4.69, 9.17) is 10.2 Å². The predicted octanol–water partition coefficient (Wildman–Crippen LogP) is 0.737. The molecule has 0 atom stereocenters. The minimum Gasteiger partial charge on any atom is -0.396 e. The lowest BCUT2D eigenvalue weighted by molar-refractivity contribution is -0.125. The molecule has 0 aliphatic rings. The lowest BCUT2D eigenvalue weighted by Gasteiger charge is -2.08. The molecule has 0 radical (unpaired) electrons. The molecule has 0 amide bonds. The van der Waals surface area contributed by atoms with Crippen LogP contribution in [0.2, 0.25) is 0 Å². The van der Waals surface area contributed by atoms with E-state index in [-0.39, 0.29) is 19.0 Å². The molecule has 0 saturated heterocycles. The van der Waals surface area contributed by atoms with E-state index in [9.17, 15) is 4.79 Å². The van der Waals surface area contributed by atoms with E-state index < -0.39 is 5.92 Å². The number of hydrogen-bond donors (Lipinski definition) is 2. The quantitative estimate of drug-likeness (QED) is 0.560. The first-order valence-electron chi connectivity index (χ1n) is 4.50. The van der Waals surface area contributed by atoms with Crippen LogP contribution < -0.4 is 0 Å². The second-order valence-electron chi connectivity index (χ2n) is 2.99. The molecule has 0 bridgehead atoms. The number of rotatable bonds is 7. The number of aliphatic hydroxyl groups excluding tert-OH is 2. The van der Waals surface area contributed by atoms with E-state index in [0.717, 1.165) is 19.3 Å². The highest BCUT2D eigenvalue weighted by Gasteiger charge is 2.14. The van der Waals surface area contributed by atoms with Gasteiger partial charge in [-0.15, -0.1) is 0 Å². The normalized spacial score (nSPS) is 10.7. The van der Waals surface area contributed by atoms with Crippen molar-refractivity contribution >= 4 is 5.78 Å². The monoisotopic (exact) mass is 174 g/mol. The van der Waals surface area contributed by atoms with Gasteiger partial charge < -0.3 is 10.2 Å². The molecule has 0 heterocycles. The Morgan fingerprint density at radius 2 is 1.83 bits per heavy atom. The number of unbranched alkanes of at least 4 members (excludes halogenated alkanes) is 2. The lowest BCUT2D eigenvalue weighted by atomic mass is 10.0. The van der Waals surface area contributed by atoms with Crippen molar-refractivity contribution in [1.82, 2.24) is 0 Å². The van der Waals surface area contributed by atoms with Gasteiger partial charge in [-0.05, 0) is 6.42 Å².